The zero-order chi connectivity index (χ0) is 19.6. The highest BCUT2D eigenvalue weighted by atomic mass is 35.5. The summed E-state index contributed by atoms with van der Waals surface area (Å²) in [5, 5.41) is 4.85. The highest BCUT2D eigenvalue weighted by Gasteiger charge is 2.25. The fourth-order valence-corrected chi connectivity index (χ4v) is 4.19. The lowest BCUT2D eigenvalue weighted by Crippen LogP contribution is -2.32. The molecule has 2 heterocycles. The zero-order valence-electron chi connectivity index (χ0n) is 16.0. The van der Waals surface area contributed by atoms with Crippen LogP contribution in [-0.2, 0) is 13.1 Å². The van der Waals surface area contributed by atoms with E-state index in [2.05, 4.69) is 27.2 Å². The van der Waals surface area contributed by atoms with Gasteiger partial charge in [0.05, 0.1) is 6.54 Å². The van der Waals surface area contributed by atoms with Crippen LogP contribution in [-0.4, -0.2) is 27.9 Å². The van der Waals surface area contributed by atoms with Crippen LogP contribution >= 0.6 is 11.6 Å². The molecule has 29 heavy (non-hydrogen) atoms. The number of aromatic nitrogens is 2. The molecule has 150 valence electrons. The summed E-state index contributed by atoms with van der Waals surface area (Å²) >= 11 is 5.97. The largest absolute Gasteiger partial charge is 0.454 e. The molecule has 7 heteroatoms. The first-order valence-corrected chi connectivity index (χ1v) is 10.3. The van der Waals surface area contributed by atoms with E-state index in [0.717, 1.165) is 23.6 Å². The second kappa shape index (κ2) is 8.05. The zero-order valence-corrected chi connectivity index (χ0v) is 16.8. The molecular formula is C22H22ClN3O3. The number of halogens is 1. The third-order valence-electron chi connectivity index (χ3n) is 5.57. The Hall–Kier alpha value is -2.57. The molecule has 1 aliphatic carbocycles. The molecule has 3 aromatic rings. The first kappa shape index (κ1) is 18.5. The molecule has 0 saturated heterocycles. The van der Waals surface area contributed by atoms with Gasteiger partial charge in [0.2, 0.25) is 18.5 Å². The highest BCUT2D eigenvalue weighted by Crippen LogP contribution is 2.34. The molecule has 1 saturated carbocycles. The van der Waals surface area contributed by atoms with Gasteiger partial charge in [0.15, 0.2) is 11.5 Å². The molecule has 0 atom stereocenters. The van der Waals surface area contributed by atoms with E-state index in [1.54, 1.807) is 0 Å². The predicted octanol–water partition coefficient (Wildman–Crippen LogP) is 5.06. The lowest BCUT2D eigenvalue weighted by molar-refractivity contribution is 0.157. The number of fused-ring (bicyclic) bond motifs is 1. The highest BCUT2D eigenvalue weighted by molar-refractivity contribution is 6.30. The smallest absolute Gasteiger partial charge is 0.241 e. The van der Waals surface area contributed by atoms with Crippen molar-refractivity contribution in [3.05, 3.63) is 58.9 Å². The molecule has 1 fully saturated rings. The van der Waals surface area contributed by atoms with Crippen molar-refractivity contribution in [3.8, 4) is 22.9 Å². The van der Waals surface area contributed by atoms with Gasteiger partial charge in [-0.05, 0) is 54.8 Å². The van der Waals surface area contributed by atoms with Crippen LogP contribution in [0.4, 0.5) is 0 Å². The van der Waals surface area contributed by atoms with E-state index in [-0.39, 0.29) is 0 Å². The summed E-state index contributed by atoms with van der Waals surface area (Å²) in [4.78, 5) is 7.05. The van der Waals surface area contributed by atoms with Crippen LogP contribution in [0.15, 0.2) is 47.0 Å². The maximum absolute atomic E-state index is 5.97. The molecule has 0 bridgehead atoms. The first-order valence-electron chi connectivity index (χ1n) is 9.96. The summed E-state index contributed by atoms with van der Waals surface area (Å²) in [6.45, 7) is 1.72. The van der Waals surface area contributed by atoms with Crippen LogP contribution in [0.3, 0.4) is 0 Å². The molecule has 1 aliphatic heterocycles. The van der Waals surface area contributed by atoms with Gasteiger partial charge in [-0.2, -0.15) is 4.98 Å². The van der Waals surface area contributed by atoms with Crippen LogP contribution in [0.1, 0.15) is 37.1 Å². The second-order valence-corrected chi connectivity index (χ2v) is 7.99. The Kier molecular flexibility index (Phi) is 5.12. The minimum absolute atomic E-state index is 0.292. The average Bonchev–Trinajstić information content (AvgIpc) is 3.49. The monoisotopic (exact) mass is 411 g/mol. The SMILES string of the molecule is Clc1ccc(-c2noc(CN(Cc3ccc4c(c3)OCO4)C3CCCC3)n2)cc1. The van der Waals surface area contributed by atoms with E-state index >= 15 is 0 Å². The van der Waals surface area contributed by atoms with E-state index < -0.39 is 0 Å². The van der Waals surface area contributed by atoms with Crippen LogP contribution in [0, 0.1) is 0 Å². The standard InChI is InChI=1S/C22H22ClN3O3/c23-17-8-6-16(7-9-17)22-24-21(29-25-22)13-26(18-3-1-2-4-18)12-15-5-10-19-20(11-15)28-14-27-19/h5-11,18H,1-4,12-14H2. The van der Waals surface area contributed by atoms with Gasteiger partial charge in [-0.3, -0.25) is 4.90 Å². The van der Waals surface area contributed by atoms with Crippen LogP contribution in [0.5, 0.6) is 11.5 Å². The van der Waals surface area contributed by atoms with Crippen LogP contribution in [0.25, 0.3) is 11.4 Å². The van der Waals surface area contributed by atoms with E-state index in [9.17, 15) is 0 Å². The molecule has 1 aromatic heterocycles. The number of ether oxygens (including phenoxy) is 2. The summed E-state index contributed by atoms with van der Waals surface area (Å²) in [5.41, 5.74) is 2.09. The molecule has 0 amide bonds. The second-order valence-electron chi connectivity index (χ2n) is 7.55. The molecule has 0 unspecified atom stereocenters. The van der Waals surface area contributed by atoms with Gasteiger partial charge < -0.3 is 14.0 Å². The summed E-state index contributed by atoms with van der Waals surface area (Å²) in [7, 11) is 0. The van der Waals surface area contributed by atoms with Gasteiger partial charge in [0, 0.05) is 23.2 Å². The molecular weight excluding hydrogens is 390 g/mol. The maximum atomic E-state index is 5.97. The normalized spacial score (nSPS) is 16.1. The van der Waals surface area contributed by atoms with Crippen molar-refractivity contribution in [1.82, 2.24) is 15.0 Å². The van der Waals surface area contributed by atoms with E-state index in [4.69, 9.17) is 25.6 Å². The number of hydrogen-bond acceptors (Lipinski definition) is 6. The van der Waals surface area contributed by atoms with Gasteiger partial charge in [-0.1, -0.05) is 35.7 Å². The van der Waals surface area contributed by atoms with Crippen molar-refractivity contribution in [2.45, 2.75) is 44.8 Å². The molecule has 5 rings (SSSR count). The van der Waals surface area contributed by atoms with Crippen molar-refractivity contribution in [2.75, 3.05) is 6.79 Å². The summed E-state index contributed by atoms with van der Waals surface area (Å²) < 4.78 is 16.5. The van der Waals surface area contributed by atoms with Crippen molar-refractivity contribution in [3.63, 3.8) is 0 Å². The van der Waals surface area contributed by atoms with E-state index in [1.165, 1.54) is 31.2 Å². The Balaban J connectivity index is 1.34. The number of nitrogens with zero attached hydrogens (tertiary/aromatic N) is 3. The average molecular weight is 412 g/mol. The topological polar surface area (TPSA) is 60.6 Å². The van der Waals surface area contributed by atoms with E-state index in [0.29, 0.717) is 36.1 Å². The van der Waals surface area contributed by atoms with Gasteiger partial charge in [0.25, 0.3) is 0 Å². The molecule has 2 aliphatic rings. The quantitative estimate of drug-likeness (QED) is 0.564. The van der Waals surface area contributed by atoms with Crippen molar-refractivity contribution in [2.24, 2.45) is 0 Å². The summed E-state index contributed by atoms with van der Waals surface area (Å²) in [5.74, 6) is 2.84. The molecule has 2 aromatic carbocycles. The van der Waals surface area contributed by atoms with Crippen LogP contribution < -0.4 is 9.47 Å². The Morgan fingerprint density at radius 2 is 1.76 bits per heavy atom. The fourth-order valence-electron chi connectivity index (χ4n) is 4.07. The molecule has 0 spiro atoms. The van der Waals surface area contributed by atoms with Crippen molar-refractivity contribution < 1.29 is 14.0 Å². The Labute approximate surface area is 174 Å². The maximum Gasteiger partial charge on any atom is 0.241 e. The lowest BCUT2D eigenvalue weighted by atomic mass is 10.1. The Bertz CT molecular complexity index is 983. The Morgan fingerprint density at radius 3 is 2.59 bits per heavy atom. The van der Waals surface area contributed by atoms with Crippen LogP contribution in [0.2, 0.25) is 5.02 Å². The summed E-state index contributed by atoms with van der Waals surface area (Å²) in [6.07, 6.45) is 4.93. The fraction of sp³-hybridized carbons (Fsp3) is 0.364. The lowest BCUT2D eigenvalue weighted by Gasteiger charge is -2.27. The van der Waals surface area contributed by atoms with Crippen molar-refractivity contribution in [1.29, 1.82) is 0 Å². The first-order chi connectivity index (χ1) is 14.2. The molecule has 0 N–H and O–H groups in total. The number of hydrogen-bond donors (Lipinski definition) is 0. The van der Waals surface area contributed by atoms with E-state index in [1.807, 2.05) is 30.3 Å². The van der Waals surface area contributed by atoms with Gasteiger partial charge in [-0.15, -0.1) is 0 Å². The van der Waals surface area contributed by atoms with Crippen molar-refractivity contribution >= 4 is 11.6 Å². The predicted molar refractivity (Wildman–Crippen MR) is 109 cm³/mol. The summed E-state index contributed by atoms with van der Waals surface area (Å²) in [6, 6.07) is 14.1. The number of rotatable bonds is 6. The molecule has 6 nitrogen and oxygen atoms in total. The Morgan fingerprint density at radius 1 is 0.966 bits per heavy atom. The number of benzene rings is 2. The minimum atomic E-state index is 0.292. The third-order valence-corrected chi connectivity index (χ3v) is 5.82. The van der Waals surface area contributed by atoms with Gasteiger partial charge >= 0.3 is 0 Å². The molecule has 0 radical (unpaired) electrons. The third kappa shape index (κ3) is 4.09. The van der Waals surface area contributed by atoms with Gasteiger partial charge in [-0.25, -0.2) is 0 Å². The minimum Gasteiger partial charge on any atom is -0.454 e. The van der Waals surface area contributed by atoms with Gasteiger partial charge in [0.1, 0.15) is 0 Å².